The molecule has 0 spiro atoms. The Morgan fingerprint density at radius 1 is 1.21 bits per heavy atom. The van der Waals surface area contributed by atoms with Gasteiger partial charge >= 0.3 is 6.09 Å². The van der Waals surface area contributed by atoms with Crippen LogP contribution < -0.4 is 10.1 Å². The first-order chi connectivity index (χ1) is 15.4. The number of carbonyl (C=O) groups is 1. The zero-order valence-electron chi connectivity index (χ0n) is 19.3. The van der Waals surface area contributed by atoms with Gasteiger partial charge in [0.15, 0.2) is 9.84 Å². The van der Waals surface area contributed by atoms with Crippen molar-refractivity contribution < 1.29 is 27.1 Å². The molecule has 8 nitrogen and oxygen atoms in total. The van der Waals surface area contributed by atoms with Crippen molar-refractivity contribution in [1.82, 2.24) is 9.88 Å². The fraction of sp³-hybridized carbons (Fsp3) is 0.478. The van der Waals surface area contributed by atoms with E-state index in [4.69, 9.17) is 9.47 Å². The van der Waals surface area contributed by atoms with Crippen LogP contribution in [-0.4, -0.2) is 55.4 Å². The van der Waals surface area contributed by atoms with Crippen molar-refractivity contribution >= 4 is 21.6 Å². The van der Waals surface area contributed by atoms with E-state index in [2.05, 4.69) is 10.3 Å². The number of aromatic nitrogens is 1. The van der Waals surface area contributed by atoms with E-state index in [9.17, 15) is 17.6 Å². The van der Waals surface area contributed by atoms with Crippen molar-refractivity contribution in [3.63, 3.8) is 0 Å². The Hall–Kier alpha value is -2.88. The van der Waals surface area contributed by atoms with Gasteiger partial charge in [0.1, 0.15) is 23.3 Å². The summed E-state index contributed by atoms with van der Waals surface area (Å²) in [6.45, 7) is 6.94. The Labute approximate surface area is 194 Å². The maximum Gasteiger partial charge on any atom is 0.410 e. The van der Waals surface area contributed by atoms with E-state index >= 15 is 0 Å². The summed E-state index contributed by atoms with van der Waals surface area (Å²) in [7, 11) is -3.46. The van der Waals surface area contributed by atoms with Crippen molar-refractivity contribution in [1.29, 1.82) is 0 Å². The third kappa shape index (κ3) is 7.31. The molecule has 1 fully saturated rings. The SMILES string of the molecule is CC(C)(C)OC(=O)N1CCC(Oc2ccc(CNc3ccc(S(C)(=O)=O)cc3F)nc2)CC1. The first kappa shape index (κ1) is 24.8. The van der Waals surface area contributed by atoms with Gasteiger partial charge in [-0.15, -0.1) is 0 Å². The lowest BCUT2D eigenvalue weighted by Gasteiger charge is -2.33. The molecule has 3 rings (SSSR count). The molecular formula is C23H30FN3O5S. The number of piperidine rings is 1. The van der Waals surface area contributed by atoms with Gasteiger partial charge in [0.25, 0.3) is 0 Å². The lowest BCUT2D eigenvalue weighted by molar-refractivity contribution is 0.0126. The number of rotatable bonds is 6. The highest BCUT2D eigenvalue weighted by molar-refractivity contribution is 7.90. The number of ether oxygens (including phenoxy) is 2. The van der Waals surface area contributed by atoms with Crippen LogP contribution in [-0.2, 0) is 21.1 Å². The number of halogens is 1. The minimum absolute atomic E-state index is 0.0167. The summed E-state index contributed by atoms with van der Waals surface area (Å²) in [6.07, 6.45) is 3.72. The van der Waals surface area contributed by atoms with E-state index in [-0.39, 0.29) is 29.3 Å². The summed E-state index contributed by atoms with van der Waals surface area (Å²) >= 11 is 0. The predicted octanol–water partition coefficient (Wildman–Crippen LogP) is 4.01. The standard InChI is InChI=1S/C23H30FN3O5S/c1-23(2,3)32-22(28)27-11-9-17(10-12-27)31-18-6-5-16(25-15-18)14-26-21-8-7-19(13-20(21)24)33(4,29)30/h5-8,13,15,17,26H,9-12,14H2,1-4H3. The van der Waals surface area contributed by atoms with E-state index in [1.165, 1.54) is 12.1 Å². The van der Waals surface area contributed by atoms with Gasteiger partial charge in [-0.05, 0) is 51.1 Å². The molecule has 2 heterocycles. The average molecular weight is 480 g/mol. The number of nitrogens with one attached hydrogen (secondary N) is 1. The van der Waals surface area contributed by atoms with Crippen LogP contribution in [0.1, 0.15) is 39.3 Å². The zero-order chi connectivity index (χ0) is 24.2. The van der Waals surface area contributed by atoms with Crippen molar-refractivity contribution in [2.24, 2.45) is 0 Å². The van der Waals surface area contributed by atoms with Crippen LogP contribution in [0.15, 0.2) is 41.4 Å². The maximum atomic E-state index is 14.2. The number of nitrogens with zero attached hydrogens (tertiary/aromatic N) is 2. The van der Waals surface area contributed by atoms with Crippen LogP contribution in [0.25, 0.3) is 0 Å². The first-order valence-corrected chi connectivity index (χ1v) is 12.6. The second-order valence-electron chi connectivity index (χ2n) is 9.04. The lowest BCUT2D eigenvalue weighted by atomic mass is 10.1. The summed E-state index contributed by atoms with van der Waals surface area (Å²) in [5.41, 5.74) is 0.355. The van der Waals surface area contributed by atoms with E-state index in [1.807, 2.05) is 20.8 Å². The lowest BCUT2D eigenvalue weighted by Crippen LogP contribution is -2.44. The number of carbonyl (C=O) groups excluding carboxylic acids is 1. The fourth-order valence-electron chi connectivity index (χ4n) is 3.32. The number of amides is 1. The molecule has 33 heavy (non-hydrogen) atoms. The topological polar surface area (TPSA) is 97.8 Å². The number of benzene rings is 1. The molecule has 0 unspecified atom stereocenters. The van der Waals surface area contributed by atoms with Crippen LogP contribution in [0.3, 0.4) is 0 Å². The van der Waals surface area contributed by atoms with Crippen LogP contribution in [0, 0.1) is 5.82 Å². The summed E-state index contributed by atoms with van der Waals surface area (Å²) in [5, 5.41) is 2.92. The molecule has 1 aromatic carbocycles. The van der Waals surface area contributed by atoms with E-state index in [0.717, 1.165) is 12.3 Å². The normalized spacial score (nSPS) is 15.2. The van der Waals surface area contributed by atoms with Gasteiger partial charge in [0, 0.05) is 32.2 Å². The Kier molecular flexibility index (Phi) is 7.46. The van der Waals surface area contributed by atoms with Crippen molar-refractivity contribution in [3.8, 4) is 5.75 Å². The summed E-state index contributed by atoms with van der Waals surface area (Å²) in [4.78, 5) is 18.1. The minimum atomic E-state index is -3.46. The highest BCUT2D eigenvalue weighted by atomic mass is 32.2. The molecule has 0 aliphatic carbocycles. The van der Waals surface area contributed by atoms with Gasteiger partial charge in [-0.1, -0.05) is 0 Å². The summed E-state index contributed by atoms with van der Waals surface area (Å²) in [5.74, 6) is -0.0197. The largest absolute Gasteiger partial charge is 0.489 e. The molecule has 0 radical (unpaired) electrons. The van der Waals surface area contributed by atoms with Crippen LogP contribution in [0.5, 0.6) is 5.75 Å². The van der Waals surface area contributed by atoms with Gasteiger partial charge in [0.05, 0.1) is 29.0 Å². The van der Waals surface area contributed by atoms with Crippen molar-refractivity contribution in [2.45, 2.75) is 56.8 Å². The smallest absolute Gasteiger partial charge is 0.410 e. The van der Waals surface area contributed by atoms with Gasteiger partial charge in [-0.3, -0.25) is 4.98 Å². The van der Waals surface area contributed by atoms with Gasteiger partial charge in [-0.25, -0.2) is 17.6 Å². The molecule has 1 N–H and O–H groups in total. The molecule has 180 valence electrons. The van der Waals surface area contributed by atoms with Crippen LogP contribution >= 0.6 is 0 Å². The summed E-state index contributed by atoms with van der Waals surface area (Å²) < 4.78 is 48.6. The summed E-state index contributed by atoms with van der Waals surface area (Å²) in [6, 6.07) is 7.33. The van der Waals surface area contributed by atoms with Gasteiger partial charge in [0.2, 0.25) is 0 Å². The Balaban J connectivity index is 1.48. The van der Waals surface area contributed by atoms with E-state index in [1.54, 1.807) is 23.2 Å². The van der Waals surface area contributed by atoms with Gasteiger partial charge < -0.3 is 19.7 Å². The maximum absolute atomic E-state index is 14.2. The predicted molar refractivity (Wildman–Crippen MR) is 123 cm³/mol. The number of anilines is 1. The van der Waals surface area contributed by atoms with Crippen molar-refractivity contribution in [3.05, 3.63) is 48.0 Å². The second-order valence-corrected chi connectivity index (χ2v) is 11.1. The molecule has 2 aromatic rings. The third-order valence-electron chi connectivity index (χ3n) is 5.02. The monoisotopic (exact) mass is 479 g/mol. The molecule has 10 heteroatoms. The highest BCUT2D eigenvalue weighted by Crippen LogP contribution is 2.22. The molecule has 1 amide bonds. The molecule has 0 bridgehead atoms. The number of pyridine rings is 1. The molecule has 0 saturated carbocycles. The molecular weight excluding hydrogens is 449 g/mol. The first-order valence-electron chi connectivity index (χ1n) is 10.7. The minimum Gasteiger partial charge on any atom is -0.489 e. The number of hydrogen-bond donors (Lipinski definition) is 1. The number of hydrogen-bond acceptors (Lipinski definition) is 7. The quantitative estimate of drug-likeness (QED) is 0.668. The number of sulfone groups is 1. The van der Waals surface area contributed by atoms with E-state index < -0.39 is 21.3 Å². The molecule has 0 atom stereocenters. The number of likely N-dealkylation sites (tertiary alicyclic amines) is 1. The van der Waals surface area contributed by atoms with Crippen LogP contribution in [0.4, 0.5) is 14.9 Å². The zero-order valence-corrected chi connectivity index (χ0v) is 20.1. The van der Waals surface area contributed by atoms with E-state index in [0.29, 0.717) is 37.4 Å². The van der Waals surface area contributed by atoms with Crippen LogP contribution in [0.2, 0.25) is 0 Å². The Morgan fingerprint density at radius 3 is 2.45 bits per heavy atom. The van der Waals surface area contributed by atoms with Crippen molar-refractivity contribution in [2.75, 3.05) is 24.7 Å². The molecule has 1 aliphatic rings. The Bertz CT molecular complexity index is 1080. The molecule has 1 saturated heterocycles. The molecule has 1 aliphatic heterocycles. The van der Waals surface area contributed by atoms with Gasteiger partial charge in [-0.2, -0.15) is 0 Å². The Morgan fingerprint density at radius 2 is 1.91 bits per heavy atom. The second kappa shape index (κ2) is 9.94. The molecule has 1 aromatic heterocycles. The fourth-order valence-corrected chi connectivity index (χ4v) is 3.95. The highest BCUT2D eigenvalue weighted by Gasteiger charge is 2.27. The average Bonchev–Trinajstić information content (AvgIpc) is 2.72. The third-order valence-corrected chi connectivity index (χ3v) is 6.13.